The van der Waals surface area contributed by atoms with Crippen LogP contribution < -0.4 is 0 Å². The van der Waals surface area contributed by atoms with E-state index < -0.39 is 11.6 Å². The molecule has 0 spiro atoms. The van der Waals surface area contributed by atoms with Gasteiger partial charge in [-0.3, -0.25) is 4.79 Å². The molecule has 2 aromatic carbocycles. The van der Waals surface area contributed by atoms with Crippen LogP contribution in [0.5, 0.6) is 0 Å². The van der Waals surface area contributed by atoms with Crippen molar-refractivity contribution in [3.8, 4) is 11.1 Å². The molecule has 3 heteroatoms. The Morgan fingerprint density at radius 2 is 1.74 bits per heavy atom. The Labute approximate surface area is 135 Å². The summed E-state index contributed by atoms with van der Waals surface area (Å²) >= 11 is 0. The van der Waals surface area contributed by atoms with E-state index in [9.17, 15) is 15.0 Å². The number of rotatable bonds is 4. The van der Waals surface area contributed by atoms with Crippen LogP contribution in [-0.4, -0.2) is 16.2 Å². The molecule has 3 nitrogen and oxygen atoms in total. The van der Waals surface area contributed by atoms with Crippen molar-refractivity contribution in [2.45, 2.75) is 37.2 Å². The number of aliphatic hydroxyl groups is 1. The summed E-state index contributed by atoms with van der Waals surface area (Å²) in [6.07, 6.45) is 3.49. The highest BCUT2D eigenvalue weighted by atomic mass is 16.4. The van der Waals surface area contributed by atoms with Gasteiger partial charge in [-0.1, -0.05) is 48.5 Å². The van der Waals surface area contributed by atoms with Crippen LogP contribution in [0.3, 0.4) is 0 Å². The van der Waals surface area contributed by atoms with Gasteiger partial charge in [-0.05, 0) is 53.9 Å². The fourth-order valence-electron chi connectivity index (χ4n) is 3.66. The van der Waals surface area contributed by atoms with Gasteiger partial charge in [-0.25, -0.2) is 0 Å². The van der Waals surface area contributed by atoms with Crippen LogP contribution in [0.2, 0.25) is 0 Å². The van der Waals surface area contributed by atoms with Crippen molar-refractivity contribution >= 4 is 5.97 Å². The molecule has 2 atom stereocenters. The minimum atomic E-state index is -0.702. The Kier molecular flexibility index (Phi) is 3.27. The molecule has 2 aliphatic rings. The van der Waals surface area contributed by atoms with Crippen molar-refractivity contribution in [2.24, 2.45) is 5.92 Å². The minimum absolute atomic E-state index is 0.124. The quantitative estimate of drug-likeness (QED) is 0.900. The molecule has 2 aliphatic carbocycles. The zero-order valence-corrected chi connectivity index (χ0v) is 12.9. The largest absolute Gasteiger partial charge is 0.481 e. The summed E-state index contributed by atoms with van der Waals surface area (Å²) in [6.45, 7) is 0. The molecular weight excluding hydrogens is 288 g/mol. The average molecular weight is 308 g/mol. The number of aliphatic carboxylic acids is 1. The maximum absolute atomic E-state index is 11.2. The summed E-state index contributed by atoms with van der Waals surface area (Å²) in [5.41, 5.74) is 3.66. The molecule has 118 valence electrons. The van der Waals surface area contributed by atoms with Gasteiger partial charge in [0.2, 0.25) is 0 Å². The van der Waals surface area contributed by atoms with Crippen LogP contribution in [0.25, 0.3) is 11.1 Å². The van der Waals surface area contributed by atoms with Crippen molar-refractivity contribution in [1.82, 2.24) is 0 Å². The zero-order chi connectivity index (χ0) is 16.0. The molecule has 0 radical (unpaired) electrons. The van der Waals surface area contributed by atoms with Crippen LogP contribution in [0, 0.1) is 5.92 Å². The van der Waals surface area contributed by atoms with Gasteiger partial charge in [-0.2, -0.15) is 0 Å². The van der Waals surface area contributed by atoms with E-state index in [0.29, 0.717) is 0 Å². The smallest absolute Gasteiger partial charge is 0.307 e. The lowest BCUT2D eigenvalue weighted by atomic mass is 9.75. The third-order valence-corrected chi connectivity index (χ3v) is 5.38. The second-order valence-corrected chi connectivity index (χ2v) is 6.84. The zero-order valence-electron chi connectivity index (χ0n) is 12.9. The third kappa shape index (κ3) is 2.45. The van der Waals surface area contributed by atoms with Crippen molar-refractivity contribution in [2.75, 3.05) is 0 Å². The minimum Gasteiger partial charge on any atom is -0.481 e. The summed E-state index contributed by atoms with van der Waals surface area (Å²) in [5.74, 6) is -0.822. The van der Waals surface area contributed by atoms with Crippen LogP contribution >= 0.6 is 0 Å². The highest BCUT2D eigenvalue weighted by molar-refractivity contribution is 5.78. The fraction of sp³-hybridized carbons (Fsp3) is 0.350. The highest BCUT2D eigenvalue weighted by Gasteiger charge is 2.45. The van der Waals surface area contributed by atoms with Gasteiger partial charge in [0.15, 0.2) is 0 Å². The summed E-state index contributed by atoms with van der Waals surface area (Å²) in [4.78, 5) is 11.2. The van der Waals surface area contributed by atoms with Gasteiger partial charge in [-0.15, -0.1) is 0 Å². The molecule has 0 aliphatic heterocycles. The van der Waals surface area contributed by atoms with Gasteiger partial charge in [0.25, 0.3) is 0 Å². The monoisotopic (exact) mass is 308 g/mol. The van der Waals surface area contributed by atoms with Crippen molar-refractivity contribution in [3.63, 3.8) is 0 Å². The Balaban J connectivity index is 1.65. The van der Waals surface area contributed by atoms with E-state index in [2.05, 4.69) is 6.07 Å². The number of carboxylic acids is 1. The first kappa shape index (κ1) is 14.5. The molecule has 0 saturated heterocycles. The van der Waals surface area contributed by atoms with Crippen molar-refractivity contribution < 1.29 is 15.0 Å². The number of hydrogen-bond donors (Lipinski definition) is 2. The Hall–Kier alpha value is -2.13. The van der Waals surface area contributed by atoms with Crippen molar-refractivity contribution in [3.05, 3.63) is 59.7 Å². The van der Waals surface area contributed by atoms with E-state index in [4.69, 9.17) is 0 Å². The standard InChI is InChI=1S/C20H20O3/c21-19(22)18-12-17(18)16-5-2-1-4-15(16)13-6-8-14(9-7-13)20(23)10-3-11-20/h1-2,4-9,17-18,23H,3,10-12H2,(H,21,22)/t17-,18+/m0/s1. The second kappa shape index (κ2) is 5.20. The molecular formula is C20H20O3. The Bertz CT molecular complexity index is 744. The van der Waals surface area contributed by atoms with Crippen LogP contribution in [0.4, 0.5) is 0 Å². The van der Waals surface area contributed by atoms with Crippen LogP contribution in [0.1, 0.15) is 42.7 Å². The van der Waals surface area contributed by atoms with E-state index in [1.807, 2.05) is 42.5 Å². The van der Waals surface area contributed by atoms with Gasteiger partial charge in [0.05, 0.1) is 11.5 Å². The third-order valence-electron chi connectivity index (χ3n) is 5.38. The summed E-state index contributed by atoms with van der Waals surface area (Å²) in [7, 11) is 0. The number of hydrogen-bond acceptors (Lipinski definition) is 2. The predicted molar refractivity (Wildman–Crippen MR) is 88.1 cm³/mol. The molecule has 2 aromatic rings. The second-order valence-electron chi connectivity index (χ2n) is 6.84. The van der Waals surface area contributed by atoms with Crippen LogP contribution in [-0.2, 0) is 10.4 Å². The molecule has 4 rings (SSSR count). The van der Waals surface area contributed by atoms with Gasteiger partial charge >= 0.3 is 5.97 Å². The Morgan fingerprint density at radius 3 is 2.30 bits per heavy atom. The molecule has 2 saturated carbocycles. The van der Waals surface area contributed by atoms with E-state index in [1.165, 1.54) is 0 Å². The molecule has 0 aromatic heterocycles. The van der Waals surface area contributed by atoms with E-state index in [1.54, 1.807) is 0 Å². The maximum Gasteiger partial charge on any atom is 0.307 e. The van der Waals surface area contributed by atoms with Gasteiger partial charge < -0.3 is 10.2 Å². The molecule has 0 heterocycles. The average Bonchev–Trinajstić information content (AvgIpc) is 3.34. The molecule has 0 bridgehead atoms. The molecule has 2 fully saturated rings. The summed E-state index contributed by atoms with van der Waals surface area (Å²) in [5, 5.41) is 19.6. The summed E-state index contributed by atoms with van der Waals surface area (Å²) < 4.78 is 0. The lowest BCUT2D eigenvalue weighted by molar-refractivity contribution is -0.138. The lowest BCUT2D eigenvalue weighted by Gasteiger charge is -2.37. The molecule has 23 heavy (non-hydrogen) atoms. The van der Waals surface area contributed by atoms with E-state index in [-0.39, 0.29) is 11.8 Å². The Morgan fingerprint density at radius 1 is 1.04 bits per heavy atom. The SMILES string of the molecule is O=C(O)[C@@H]1C[C@H]1c1ccccc1-c1ccc(C2(O)CCC2)cc1. The first-order valence-corrected chi connectivity index (χ1v) is 8.23. The van der Waals surface area contributed by atoms with Gasteiger partial charge in [0.1, 0.15) is 0 Å². The first-order chi connectivity index (χ1) is 11.1. The predicted octanol–water partition coefficient (Wildman–Crippen LogP) is 3.91. The van der Waals surface area contributed by atoms with Gasteiger partial charge in [0, 0.05) is 0 Å². The molecule has 0 amide bonds. The first-order valence-electron chi connectivity index (χ1n) is 8.23. The fourth-order valence-corrected chi connectivity index (χ4v) is 3.66. The number of benzene rings is 2. The maximum atomic E-state index is 11.2. The lowest BCUT2D eigenvalue weighted by Crippen LogP contribution is -2.33. The van der Waals surface area contributed by atoms with Crippen LogP contribution in [0.15, 0.2) is 48.5 Å². The van der Waals surface area contributed by atoms with E-state index in [0.717, 1.165) is 47.9 Å². The number of carboxylic acid groups (broad SMARTS) is 1. The van der Waals surface area contributed by atoms with E-state index >= 15 is 0 Å². The molecule has 0 unspecified atom stereocenters. The highest BCUT2D eigenvalue weighted by Crippen LogP contribution is 2.50. The summed E-state index contributed by atoms with van der Waals surface area (Å²) in [6, 6.07) is 16.2. The molecule has 2 N–H and O–H groups in total. The number of carbonyl (C=O) groups is 1. The van der Waals surface area contributed by atoms with Crippen molar-refractivity contribution in [1.29, 1.82) is 0 Å². The normalized spacial score (nSPS) is 24.7. The topological polar surface area (TPSA) is 57.5 Å².